The molecule has 8 nitrogen and oxygen atoms in total. The van der Waals surface area contributed by atoms with Crippen LogP contribution in [0, 0.1) is 0 Å². The third kappa shape index (κ3) is 2.88. The van der Waals surface area contributed by atoms with Gasteiger partial charge >= 0.3 is 5.97 Å². The van der Waals surface area contributed by atoms with Crippen LogP contribution in [0.15, 0.2) is 12.4 Å². The Labute approximate surface area is 122 Å². The number of hydrogen-bond acceptors (Lipinski definition) is 7. The predicted octanol–water partition coefficient (Wildman–Crippen LogP) is 0.956. The van der Waals surface area contributed by atoms with Gasteiger partial charge in [0.25, 0.3) is 5.91 Å². The second-order valence-electron chi connectivity index (χ2n) is 4.24. The summed E-state index contributed by atoms with van der Waals surface area (Å²) in [5.41, 5.74) is 0.756. The third-order valence-electron chi connectivity index (χ3n) is 2.82. The van der Waals surface area contributed by atoms with Crippen molar-refractivity contribution in [3.05, 3.63) is 34.4 Å². The van der Waals surface area contributed by atoms with Crippen LogP contribution in [-0.4, -0.2) is 38.5 Å². The van der Waals surface area contributed by atoms with Crippen molar-refractivity contribution in [3.63, 3.8) is 0 Å². The highest BCUT2D eigenvalue weighted by molar-refractivity contribution is 7.15. The average molecular weight is 306 g/mol. The highest BCUT2D eigenvalue weighted by atomic mass is 32.1. The summed E-state index contributed by atoms with van der Waals surface area (Å²) in [6.45, 7) is 1.14. The van der Waals surface area contributed by atoms with E-state index in [1.807, 2.05) is 0 Å². The molecule has 0 atom stereocenters. The van der Waals surface area contributed by atoms with Crippen LogP contribution in [0.2, 0.25) is 0 Å². The van der Waals surface area contributed by atoms with Crippen LogP contribution in [0.25, 0.3) is 0 Å². The molecule has 108 valence electrons. The van der Waals surface area contributed by atoms with Crippen molar-refractivity contribution in [2.75, 3.05) is 11.9 Å². The molecule has 3 heterocycles. The van der Waals surface area contributed by atoms with E-state index in [1.54, 1.807) is 0 Å². The number of thiazole rings is 1. The van der Waals surface area contributed by atoms with Gasteiger partial charge in [-0.3, -0.25) is 10.1 Å². The number of fused-ring (bicyclic) bond motifs is 1. The summed E-state index contributed by atoms with van der Waals surface area (Å²) in [6, 6.07) is 0. The number of aromatic carboxylic acids is 1. The van der Waals surface area contributed by atoms with E-state index in [0.29, 0.717) is 18.3 Å². The molecule has 1 aliphatic rings. The summed E-state index contributed by atoms with van der Waals surface area (Å²) in [6.07, 6.45) is 2.89. The van der Waals surface area contributed by atoms with E-state index in [0.717, 1.165) is 29.4 Å². The maximum atomic E-state index is 12.0. The fraction of sp³-hybridized carbons (Fsp3) is 0.250. The number of ether oxygens (including phenoxy) is 1. The number of nitrogens with zero attached hydrogens (tertiary/aromatic N) is 3. The van der Waals surface area contributed by atoms with Crippen LogP contribution in [0.5, 0.6) is 0 Å². The number of anilines is 1. The van der Waals surface area contributed by atoms with Crippen LogP contribution < -0.4 is 5.32 Å². The first-order valence-electron chi connectivity index (χ1n) is 6.06. The Morgan fingerprint density at radius 2 is 2.05 bits per heavy atom. The van der Waals surface area contributed by atoms with E-state index in [4.69, 9.17) is 9.84 Å². The summed E-state index contributed by atoms with van der Waals surface area (Å²) in [5.74, 6) is -1.67. The molecule has 1 amide bonds. The predicted molar refractivity (Wildman–Crippen MR) is 72.4 cm³/mol. The van der Waals surface area contributed by atoms with Gasteiger partial charge in [-0.05, 0) is 0 Å². The molecule has 2 N–H and O–H groups in total. The summed E-state index contributed by atoms with van der Waals surface area (Å²) in [5, 5.41) is 11.8. The number of rotatable bonds is 3. The number of amides is 1. The normalized spacial score (nSPS) is 13.5. The summed E-state index contributed by atoms with van der Waals surface area (Å²) >= 11 is 1.36. The number of carboxylic acids is 1. The Bertz CT molecular complexity index is 674. The zero-order valence-electron chi connectivity index (χ0n) is 10.7. The minimum Gasteiger partial charge on any atom is -0.476 e. The molecule has 0 radical (unpaired) electrons. The summed E-state index contributed by atoms with van der Waals surface area (Å²) in [4.78, 5) is 35.4. The standard InChI is InChI=1S/C12H10N4O4S/c17-10(7-3-14-8(4-13-7)11(18)19)16-12-15-6-1-2-20-5-9(6)21-12/h3-4H,1-2,5H2,(H,18,19)(H,15,16,17). The van der Waals surface area contributed by atoms with Crippen molar-refractivity contribution >= 4 is 28.3 Å². The quantitative estimate of drug-likeness (QED) is 0.867. The van der Waals surface area contributed by atoms with Crippen LogP contribution in [0.4, 0.5) is 5.13 Å². The first-order valence-corrected chi connectivity index (χ1v) is 6.88. The third-order valence-corrected chi connectivity index (χ3v) is 3.81. The molecule has 0 spiro atoms. The van der Waals surface area contributed by atoms with Gasteiger partial charge in [0.05, 0.1) is 36.2 Å². The van der Waals surface area contributed by atoms with Crippen LogP contribution in [0.1, 0.15) is 31.5 Å². The molecule has 2 aromatic heterocycles. The lowest BCUT2D eigenvalue weighted by Crippen LogP contribution is -2.15. The molecule has 9 heteroatoms. The van der Waals surface area contributed by atoms with Gasteiger partial charge in [0.1, 0.15) is 5.69 Å². The van der Waals surface area contributed by atoms with E-state index >= 15 is 0 Å². The van der Waals surface area contributed by atoms with Gasteiger partial charge in [-0.2, -0.15) is 0 Å². The largest absolute Gasteiger partial charge is 0.476 e. The van der Waals surface area contributed by atoms with E-state index < -0.39 is 11.9 Å². The Balaban J connectivity index is 1.73. The van der Waals surface area contributed by atoms with Gasteiger partial charge in [-0.15, -0.1) is 0 Å². The molecular formula is C12H10N4O4S. The second kappa shape index (κ2) is 5.54. The molecule has 21 heavy (non-hydrogen) atoms. The Kier molecular flexibility index (Phi) is 3.59. The van der Waals surface area contributed by atoms with Crippen molar-refractivity contribution < 1.29 is 19.4 Å². The molecule has 0 aliphatic carbocycles. The minimum absolute atomic E-state index is 0.0319. The minimum atomic E-state index is -1.19. The maximum absolute atomic E-state index is 12.0. The van der Waals surface area contributed by atoms with Crippen LogP contribution >= 0.6 is 11.3 Å². The van der Waals surface area contributed by atoms with Gasteiger partial charge < -0.3 is 9.84 Å². The molecule has 0 bridgehead atoms. The summed E-state index contributed by atoms with van der Waals surface area (Å²) < 4.78 is 5.31. The average Bonchev–Trinajstić information content (AvgIpc) is 2.89. The first-order chi connectivity index (χ1) is 10.1. The second-order valence-corrected chi connectivity index (χ2v) is 5.32. The zero-order valence-corrected chi connectivity index (χ0v) is 11.5. The molecule has 0 unspecified atom stereocenters. The number of carbonyl (C=O) groups is 2. The van der Waals surface area contributed by atoms with Crippen LogP contribution in [-0.2, 0) is 17.8 Å². The maximum Gasteiger partial charge on any atom is 0.356 e. The SMILES string of the molecule is O=C(O)c1cnc(C(=O)Nc2nc3c(s2)COCC3)cn1. The van der Waals surface area contributed by atoms with E-state index in [1.165, 1.54) is 11.3 Å². The first kappa shape index (κ1) is 13.6. The number of carboxylic acid groups (broad SMARTS) is 1. The number of carbonyl (C=O) groups excluding carboxylic acids is 1. The van der Waals surface area contributed by atoms with Gasteiger partial charge in [0.2, 0.25) is 0 Å². The zero-order chi connectivity index (χ0) is 14.8. The molecule has 0 saturated heterocycles. The molecule has 3 rings (SSSR count). The van der Waals surface area contributed by atoms with Crippen molar-refractivity contribution in [2.45, 2.75) is 13.0 Å². The molecule has 0 saturated carbocycles. The van der Waals surface area contributed by atoms with Gasteiger partial charge in [0, 0.05) is 6.42 Å². The summed E-state index contributed by atoms with van der Waals surface area (Å²) in [7, 11) is 0. The molecule has 1 aliphatic heterocycles. The van der Waals surface area contributed by atoms with E-state index in [2.05, 4.69) is 20.3 Å². The lowest BCUT2D eigenvalue weighted by atomic mass is 10.2. The fourth-order valence-corrected chi connectivity index (χ4v) is 2.74. The highest BCUT2D eigenvalue weighted by Crippen LogP contribution is 2.27. The monoisotopic (exact) mass is 306 g/mol. The molecule has 0 fully saturated rings. The van der Waals surface area contributed by atoms with E-state index in [9.17, 15) is 9.59 Å². The fourth-order valence-electron chi connectivity index (χ4n) is 1.80. The van der Waals surface area contributed by atoms with Crippen molar-refractivity contribution in [1.29, 1.82) is 0 Å². The number of hydrogen-bond donors (Lipinski definition) is 2. The Hall–Kier alpha value is -2.39. The lowest BCUT2D eigenvalue weighted by molar-refractivity contribution is 0.0689. The molecular weight excluding hydrogens is 296 g/mol. The molecule has 2 aromatic rings. The van der Waals surface area contributed by atoms with Crippen molar-refractivity contribution in [3.8, 4) is 0 Å². The topological polar surface area (TPSA) is 114 Å². The lowest BCUT2D eigenvalue weighted by Gasteiger charge is -2.08. The number of aromatic nitrogens is 3. The van der Waals surface area contributed by atoms with Gasteiger partial charge in [-0.25, -0.2) is 19.7 Å². The van der Waals surface area contributed by atoms with Gasteiger partial charge in [-0.1, -0.05) is 11.3 Å². The van der Waals surface area contributed by atoms with Crippen molar-refractivity contribution in [2.24, 2.45) is 0 Å². The van der Waals surface area contributed by atoms with Crippen LogP contribution in [0.3, 0.4) is 0 Å². The Morgan fingerprint density at radius 3 is 2.71 bits per heavy atom. The Morgan fingerprint density at radius 1 is 1.29 bits per heavy atom. The van der Waals surface area contributed by atoms with Gasteiger partial charge in [0.15, 0.2) is 10.8 Å². The van der Waals surface area contributed by atoms with E-state index in [-0.39, 0.29) is 11.4 Å². The smallest absolute Gasteiger partial charge is 0.356 e. The highest BCUT2D eigenvalue weighted by Gasteiger charge is 2.18. The molecule has 0 aromatic carbocycles. The van der Waals surface area contributed by atoms with Crippen molar-refractivity contribution in [1.82, 2.24) is 15.0 Å². The number of nitrogens with one attached hydrogen (secondary N) is 1.